The quantitative estimate of drug-likeness (QED) is 0.692. The molecule has 2 aromatic rings. The van der Waals surface area contributed by atoms with E-state index in [2.05, 4.69) is 5.32 Å². The lowest BCUT2D eigenvalue weighted by Gasteiger charge is -2.14. The standard InChI is InChI=1S/C19H19Cl2NO4/c1-13(26-17-7-5-15(20)6-8-17)19(24)25-12-18(23)22-10-9-14-3-2-4-16(21)11-14/h2-8,11,13H,9-10,12H2,1H3,(H,22,23)/t13-/m0/s1. The van der Waals surface area contributed by atoms with Crippen molar-refractivity contribution < 1.29 is 19.1 Å². The van der Waals surface area contributed by atoms with E-state index in [-0.39, 0.29) is 12.5 Å². The summed E-state index contributed by atoms with van der Waals surface area (Å²) in [5, 5.41) is 3.91. The number of esters is 1. The molecule has 26 heavy (non-hydrogen) atoms. The monoisotopic (exact) mass is 395 g/mol. The first kappa shape index (κ1) is 20.1. The van der Waals surface area contributed by atoms with Crippen molar-refractivity contribution in [3.63, 3.8) is 0 Å². The van der Waals surface area contributed by atoms with Crippen molar-refractivity contribution in [1.29, 1.82) is 0 Å². The molecule has 138 valence electrons. The lowest BCUT2D eigenvalue weighted by molar-refractivity contribution is -0.154. The molecule has 0 aromatic heterocycles. The summed E-state index contributed by atoms with van der Waals surface area (Å²) in [6, 6.07) is 14.0. The number of hydrogen-bond donors (Lipinski definition) is 1. The lowest BCUT2D eigenvalue weighted by atomic mass is 10.1. The molecule has 0 spiro atoms. The van der Waals surface area contributed by atoms with Gasteiger partial charge in [-0.1, -0.05) is 35.3 Å². The van der Waals surface area contributed by atoms with Crippen molar-refractivity contribution in [2.45, 2.75) is 19.4 Å². The minimum atomic E-state index is -0.838. The first-order valence-corrected chi connectivity index (χ1v) is 8.79. The number of hydrogen-bond acceptors (Lipinski definition) is 4. The van der Waals surface area contributed by atoms with E-state index >= 15 is 0 Å². The third-order valence-electron chi connectivity index (χ3n) is 3.43. The Hall–Kier alpha value is -2.24. The van der Waals surface area contributed by atoms with Crippen LogP contribution in [0.2, 0.25) is 10.0 Å². The molecule has 0 unspecified atom stereocenters. The Bertz CT molecular complexity index is 749. The second-order valence-electron chi connectivity index (χ2n) is 5.55. The van der Waals surface area contributed by atoms with Gasteiger partial charge < -0.3 is 14.8 Å². The Labute approximate surface area is 162 Å². The second-order valence-corrected chi connectivity index (χ2v) is 6.42. The zero-order valence-electron chi connectivity index (χ0n) is 14.2. The predicted octanol–water partition coefficient (Wildman–Crippen LogP) is 3.66. The molecule has 0 aliphatic carbocycles. The molecule has 0 aliphatic rings. The molecule has 0 fully saturated rings. The average molecular weight is 396 g/mol. The molecule has 2 aromatic carbocycles. The van der Waals surface area contributed by atoms with E-state index in [0.29, 0.717) is 28.8 Å². The van der Waals surface area contributed by atoms with E-state index < -0.39 is 12.1 Å². The number of carbonyl (C=O) groups is 2. The van der Waals surface area contributed by atoms with Gasteiger partial charge in [0.25, 0.3) is 5.91 Å². The van der Waals surface area contributed by atoms with Crippen LogP contribution in [0.1, 0.15) is 12.5 Å². The molecule has 2 rings (SSSR count). The van der Waals surface area contributed by atoms with Crippen LogP contribution in [0.5, 0.6) is 5.75 Å². The molecular weight excluding hydrogens is 377 g/mol. The highest BCUT2D eigenvalue weighted by Gasteiger charge is 2.17. The number of nitrogens with one attached hydrogen (secondary N) is 1. The SMILES string of the molecule is C[C@H](Oc1ccc(Cl)cc1)C(=O)OCC(=O)NCCc1cccc(Cl)c1. The average Bonchev–Trinajstić information content (AvgIpc) is 2.61. The maximum atomic E-state index is 11.9. The Kier molecular flexibility index (Phi) is 7.75. The molecule has 0 bridgehead atoms. The van der Waals surface area contributed by atoms with Crippen molar-refractivity contribution in [1.82, 2.24) is 5.32 Å². The third-order valence-corrected chi connectivity index (χ3v) is 3.92. The van der Waals surface area contributed by atoms with E-state index in [1.54, 1.807) is 37.3 Å². The Morgan fingerprint density at radius 2 is 1.81 bits per heavy atom. The van der Waals surface area contributed by atoms with Crippen LogP contribution in [0.4, 0.5) is 0 Å². The number of benzene rings is 2. The molecule has 1 atom stereocenters. The molecule has 1 N–H and O–H groups in total. The highest BCUT2D eigenvalue weighted by atomic mass is 35.5. The topological polar surface area (TPSA) is 64.6 Å². The van der Waals surface area contributed by atoms with E-state index in [0.717, 1.165) is 5.56 Å². The summed E-state index contributed by atoms with van der Waals surface area (Å²) >= 11 is 11.7. The van der Waals surface area contributed by atoms with Crippen molar-refractivity contribution >= 4 is 35.1 Å². The van der Waals surface area contributed by atoms with E-state index in [9.17, 15) is 9.59 Å². The zero-order valence-corrected chi connectivity index (χ0v) is 15.7. The Balaban J connectivity index is 1.67. The van der Waals surface area contributed by atoms with Gasteiger partial charge in [-0.05, 0) is 55.3 Å². The van der Waals surface area contributed by atoms with Gasteiger partial charge in [0, 0.05) is 16.6 Å². The first-order valence-electron chi connectivity index (χ1n) is 8.04. The summed E-state index contributed by atoms with van der Waals surface area (Å²) < 4.78 is 10.4. The minimum absolute atomic E-state index is 0.358. The van der Waals surface area contributed by atoms with Gasteiger partial charge in [-0.15, -0.1) is 0 Å². The van der Waals surface area contributed by atoms with Gasteiger partial charge >= 0.3 is 5.97 Å². The molecule has 0 saturated heterocycles. The summed E-state index contributed by atoms with van der Waals surface area (Å²) in [7, 11) is 0. The molecular formula is C19H19Cl2NO4. The lowest BCUT2D eigenvalue weighted by Crippen LogP contribution is -2.33. The molecule has 5 nitrogen and oxygen atoms in total. The number of rotatable bonds is 8. The number of amides is 1. The molecule has 0 aliphatic heterocycles. The number of halogens is 2. The van der Waals surface area contributed by atoms with Crippen LogP contribution in [0.25, 0.3) is 0 Å². The van der Waals surface area contributed by atoms with Crippen LogP contribution in [-0.2, 0) is 20.7 Å². The van der Waals surface area contributed by atoms with Crippen LogP contribution >= 0.6 is 23.2 Å². The van der Waals surface area contributed by atoms with Crippen molar-refractivity contribution in [2.24, 2.45) is 0 Å². The van der Waals surface area contributed by atoms with Crippen LogP contribution in [0, 0.1) is 0 Å². The summed E-state index contributed by atoms with van der Waals surface area (Å²) in [4.78, 5) is 23.6. The van der Waals surface area contributed by atoms with Crippen molar-refractivity contribution in [3.05, 3.63) is 64.1 Å². The predicted molar refractivity (Wildman–Crippen MR) is 101 cm³/mol. The number of carbonyl (C=O) groups excluding carboxylic acids is 2. The summed E-state index contributed by atoms with van der Waals surface area (Å²) in [6.45, 7) is 1.62. The Morgan fingerprint density at radius 3 is 2.50 bits per heavy atom. The van der Waals surface area contributed by atoms with Crippen LogP contribution in [0.15, 0.2) is 48.5 Å². The van der Waals surface area contributed by atoms with Gasteiger partial charge in [-0.3, -0.25) is 4.79 Å². The number of ether oxygens (including phenoxy) is 2. The van der Waals surface area contributed by atoms with Crippen LogP contribution in [-0.4, -0.2) is 31.1 Å². The molecule has 0 saturated carbocycles. The fourth-order valence-electron chi connectivity index (χ4n) is 2.11. The molecule has 0 heterocycles. The smallest absolute Gasteiger partial charge is 0.347 e. The van der Waals surface area contributed by atoms with E-state index in [1.807, 2.05) is 18.2 Å². The maximum absolute atomic E-state index is 11.9. The van der Waals surface area contributed by atoms with Gasteiger partial charge in [0.2, 0.25) is 0 Å². The van der Waals surface area contributed by atoms with Gasteiger partial charge in [0.05, 0.1) is 0 Å². The largest absolute Gasteiger partial charge is 0.479 e. The summed E-state index contributed by atoms with van der Waals surface area (Å²) in [5.41, 5.74) is 1.01. The fourth-order valence-corrected chi connectivity index (χ4v) is 2.45. The zero-order chi connectivity index (χ0) is 18.9. The molecule has 0 radical (unpaired) electrons. The maximum Gasteiger partial charge on any atom is 0.347 e. The highest BCUT2D eigenvalue weighted by molar-refractivity contribution is 6.30. The van der Waals surface area contributed by atoms with Crippen LogP contribution in [0.3, 0.4) is 0 Å². The van der Waals surface area contributed by atoms with Gasteiger partial charge in [-0.25, -0.2) is 4.79 Å². The van der Waals surface area contributed by atoms with Gasteiger partial charge in [-0.2, -0.15) is 0 Å². The second kappa shape index (κ2) is 10.0. The first-order chi connectivity index (χ1) is 12.4. The minimum Gasteiger partial charge on any atom is -0.479 e. The third kappa shape index (κ3) is 6.94. The highest BCUT2D eigenvalue weighted by Crippen LogP contribution is 2.17. The normalized spacial score (nSPS) is 11.5. The van der Waals surface area contributed by atoms with Crippen molar-refractivity contribution in [3.8, 4) is 5.75 Å². The van der Waals surface area contributed by atoms with E-state index in [4.69, 9.17) is 32.7 Å². The summed E-state index contributed by atoms with van der Waals surface area (Å²) in [6.07, 6.45) is -0.202. The molecule has 7 heteroatoms. The Morgan fingerprint density at radius 1 is 1.08 bits per heavy atom. The van der Waals surface area contributed by atoms with Crippen LogP contribution < -0.4 is 10.1 Å². The fraction of sp³-hybridized carbons (Fsp3) is 0.263. The summed E-state index contributed by atoms with van der Waals surface area (Å²) in [5.74, 6) is -0.506. The van der Waals surface area contributed by atoms with Crippen molar-refractivity contribution in [2.75, 3.05) is 13.2 Å². The van der Waals surface area contributed by atoms with Gasteiger partial charge in [0.15, 0.2) is 12.7 Å². The van der Waals surface area contributed by atoms with E-state index in [1.165, 1.54) is 0 Å². The van der Waals surface area contributed by atoms with Gasteiger partial charge in [0.1, 0.15) is 5.75 Å². The molecule has 1 amide bonds.